The number of aliphatic hydroxyl groups excluding tert-OH is 4. The van der Waals surface area contributed by atoms with Crippen molar-refractivity contribution in [3.63, 3.8) is 0 Å². The molecule has 1 aromatic carbocycles. The molecule has 1 rings (SSSR count). The normalized spacial score (nSPS) is 14.4. The lowest BCUT2D eigenvalue weighted by atomic mass is 10.0. The van der Waals surface area contributed by atoms with Crippen LogP contribution >= 0.6 is 0 Å². The first-order chi connectivity index (χ1) is 8.01. The van der Waals surface area contributed by atoms with Gasteiger partial charge in [0.15, 0.2) is 0 Å². The molecule has 7 heteroatoms. The second-order valence-corrected chi connectivity index (χ2v) is 3.50. The molecule has 0 aliphatic carbocycles. The van der Waals surface area contributed by atoms with Crippen LogP contribution in [0.1, 0.15) is 17.2 Å². The van der Waals surface area contributed by atoms with E-state index in [0.717, 1.165) is 6.07 Å². The number of nitro groups is 1. The third kappa shape index (κ3) is 2.98. The van der Waals surface area contributed by atoms with Crippen molar-refractivity contribution in [1.29, 1.82) is 0 Å². The van der Waals surface area contributed by atoms with Crippen LogP contribution in [0.15, 0.2) is 18.2 Å². The average molecular weight is 243 g/mol. The van der Waals surface area contributed by atoms with E-state index in [0.29, 0.717) is 0 Å². The standard InChI is InChI=1S/C10H13NO6/c12-4-7-2-1-6(3-8(7)11(16)17)10(15)9(14)5-13/h1-3,9-10,12-15H,4-5H2. The molecule has 0 amide bonds. The molecule has 94 valence electrons. The fourth-order valence-electron chi connectivity index (χ4n) is 1.39. The van der Waals surface area contributed by atoms with Gasteiger partial charge in [0.25, 0.3) is 5.69 Å². The predicted molar refractivity (Wildman–Crippen MR) is 57.1 cm³/mol. The summed E-state index contributed by atoms with van der Waals surface area (Å²) in [7, 11) is 0. The molecule has 0 fully saturated rings. The summed E-state index contributed by atoms with van der Waals surface area (Å²) in [5, 5.41) is 47.0. The van der Waals surface area contributed by atoms with Gasteiger partial charge < -0.3 is 20.4 Å². The number of nitrogens with zero attached hydrogens (tertiary/aromatic N) is 1. The largest absolute Gasteiger partial charge is 0.394 e. The lowest BCUT2D eigenvalue weighted by molar-refractivity contribution is -0.386. The summed E-state index contributed by atoms with van der Waals surface area (Å²) in [5.74, 6) is 0. The van der Waals surface area contributed by atoms with E-state index in [-0.39, 0.29) is 16.8 Å². The molecule has 4 N–H and O–H groups in total. The Kier molecular flexibility index (Phi) is 4.53. The second-order valence-electron chi connectivity index (χ2n) is 3.50. The van der Waals surface area contributed by atoms with Crippen molar-refractivity contribution in [1.82, 2.24) is 0 Å². The van der Waals surface area contributed by atoms with Crippen LogP contribution in [-0.4, -0.2) is 38.1 Å². The Balaban J connectivity index is 3.12. The zero-order chi connectivity index (χ0) is 13.0. The molecule has 0 heterocycles. The van der Waals surface area contributed by atoms with E-state index in [1.54, 1.807) is 0 Å². The first-order valence-electron chi connectivity index (χ1n) is 4.86. The molecule has 0 radical (unpaired) electrons. The Bertz CT molecular complexity index is 408. The maximum atomic E-state index is 10.7. The van der Waals surface area contributed by atoms with Crippen molar-refractivity contribution in [2.24, 2.45) is 0 Å². The summed E-state index contributed by atoms with van der Waals surface area (Å²) in [5.41, 5.74) is -0.117. The van der Waals surface area contributed by atoms with Crippen LogP contribution in [0.5, 0.6) is 0 Å². The number of nitro benzene ring substituents is 1. The maximum Gasteiger partial charge on any atom is 0.275 e. The Labute approximate surface area is 96.7 Å². The highest BCUT2D eigenvalue weighted by Crippen LogP contribution is 2.25. The molecule has 0 spiro atoms. The smallest absolute Gasteiger partial charge is 0.275 e. The lowest BCUT2D eigenvalue weighted by Gasteiger charge is -2.16. The Morgan fingerprint density at radius 2 is 1.94 bits per heavy atom. The van der Waals surface area contributed by atoms with E-state index >= 15 is 0 Å². The van der Waals surface area contributed by atoms with Crippen molar-refractivity contribution < 1.29 is 25.3 Å². The van der Waals surface area contributed by atoms with Crippen LogP contribution in [0.25, 0.3) is 0 Å². The van der Waals surface area contributed by atoms with Gasteiger partial charge in [-0.2, -0.15) is 0 Å². The molecular formula is C10H13NO6. The summed E-state index contributed by atoms with van der Waals surface area (Å²) in [6.45, 7) is -1.15. The zero-order valence-electron chi connectivity index (χ0n) is 8.85. The van der Waals surface area contributed by atoms with Gasteiger partial charge >= 0.3 is 0 Å². The molecule has 1 aromatic rings. The molecular weight excluding hydrogens is 230 g/mol. The lowest BCUT2D eigenvalue weighted by Crippen LogP contribution is -2.22. The first-order valence-corrected chi connectivity index (χ1v) is 4.86. The highest BCUT2D eigenvalue weighted by molar-refractivity contribution is 5.43. The minimum absolute atomic E-state index is 0.107. The molecule has 0 aliphatic rings. The monoisotopic (exact) mass is 243 g/mol. The number of hydrogen-bond donors (Lipinski definition) is 4. The summed E-state index contributed by atoms with van der Waals surface area (Å²) < 4.78 is 0. The van der Waals surface area contributed by atoms with Crippen LogP contribution in [0.2, 0.25) is 0 Å². The van der Waals surface area contributed by atoms with E-state index < -0.39 is 30.3 Å². The SMILES string of the molecule is O=[N+]([O-])c1cc(C(O)C(O)CO)ccc1CO. The van der Waals surface area contributed by atoms with Gasteiger partial charge in [0.05, 0.1) is 23.7 Å². The molecule has 7 nitrogen and oxygen atoms in total. The minimum atomic E-state index is -1.41. The number of rotatable bonds is 5. The molecule has 0 aliphatic heterocycles. The number of benzene rings is 1. The Morgan fingerprint density at radius 1 is 1.29 bits per heavy atom. The Morgan fingerprint density at radius 3 is 2.41 bits per heavy atom. The van der Waals surface area contributed by atoms with Gasteiger partial charge in [0.2, 0.25) is 0 Å². The summed E-state index contributed by atoms with van der Waals surface area (Å²) in [6, 6.07) is 3.71. The van der Waals surface area contributed by atoms with Crippen LogP contribution in [-0.2, 0) is 6.61 Å². The fraction of sp³-hybridized carbons (Fsp3) is 0.400. The molecule has 17 heavy (non-hydrogen) atoms. The van der Waals surface area contributed by atoms with Gasteiger partial charge in [-0.1, -0.05) is 6.07 Å². The molecule has 0 bridgehead atoms. The molecule has 0 saturated heterocycles. The van der Waals surface area contributed by atoms with E-state index in [1.165, 1.54) is 12.1 Å². The first kappa shape index (κ1) is 13.5. The van der Waals surface area contributed by atoms with Gasteiger partial charge in [-0.15, -0.1) is 0 Å². The van der Waals surface area contributed by atoms with Crippen LogP contribution in [0, 0.1) is 10.1 Å². The average Bonchev–Trinajstić information content (AvgIpc) is 2.35. The zero-order valence-corrected chi connectivity index (χ0v) is 8.85. The van der Waals surface area contributed by atoms with Gasteiger partial charge in [0.1, 0.15) is 12.2 Å². The molecule has 0 aromatic heterocycles. The third-order valence-electron chi connectivity index (χ3n) is 2.37. The summed E-state index contributed by atoms with van der Waals surface area (Å²) in [6.07, 6.45) is -2.82. The Hall–Kier alpha value is -1.54. The van der Waals surface area contributed by atoms with Gasteiger partial charge in [-0.3, -0.25) is 10.1 Å². The van der Waals surface area contributed by atoms with Crippen LogP contribution in [0.4, 0.5) is 5.69 Å². The van der Waals surface area contributed by atoms with E-state index in [4.69, 9.17) is 10.2 Å². The molecule has 0 saturated carbocycles. The third-order valence-corrected chi connectivity index (χ3v) is 2.37. The predicted octanol–water partition coefficient (Wildman–Crippen LogP) is -0.526. The van der Waals surface area contributed by atoms with E-state index in [2.05, 4.69) is 0 Å². The van der Waals surface area contributed by atoms with Crippen molar-refractivity contribution >= 4 is 5.69 Å². The van der Waals surface area contributed by atoms with Crippen LogP contribution in [0.3, 0.4) is 0 Å². The topological polar surface area (TPSA) is 124 Å². The van der Waals surface area contributed by atoms with Crippen molar-refractivity contribution in [3.05, 3.63) is 39.4 Å². The van der Waals surface area contributed by atoms with Crippen LogP contribution < -0.4 is 0 Å². The highest BCUT2D eigenvalue weighted by atomic mass is 16.6. The van der Waals surface area contributed by atoms with E-state index in [9.17, 15) is 20.3 Å². The van der Waals surface area contributed by atoms with Crippen molar-refractivity contribution in [2.45, 2.75) is 18.8 Å². The summed E-state index contributed by atoms with van der Waals surface area (Å²) >= 11 is 0. The highest BCUT2D eigenvalue weighted by Gasteiger charge is 2.21. The summed E-state index contributed by atoms with van der Waals surface area (Å²) in [4.78, 5) is 10.0. The molecule has 2 atom stereocenters. The molecule has 2 unspecified atom stereocenters. The second kappa shape index (κ2) is 5.69. The minimum Gasteiger partial charge on any atom is -0.394 e. The number of aliphatic hydroxyl groups is 4. The maximum absolute atomic E-state index is 10.7. The van der Waals surface area contributed by atoms with Gasteiger partial charge in [0, 0.05) is 6.07 Å². The van der Waals surface area contributed by atoms with E-state index in [1.807, 2.05) is 0 Å². The van der Waals surface area contributed by atoms with Crippen molar-refractivity contribution in [3.8, 4) is 0 Å². The number of hydrogen-bond acceptors (Lipinski definition) is 6. The van der Waals surface area contributed by atoms with Crippen molar-refractivity contribution in [2.75, 3.05) is 6.61 Å². The fourth-order valence-corrected chi connectivity index (χ4v) is 1.39. The van der Waals surface area contributed by atoms with Gasteiger partial charge in [-0.25, -0.2) is 0 Å². The quantitative estimate of drug-likeness (QED) is 0.407. The van der Waals surface area contributed by atoms with Gasteiger partial charge in [-0.05, 0) is 11.6 Å².